The highest BCUT2D eigenvalue weighted by Gasteiger charge is 2.45. The predicted molar refractivity (Wildman–Crippen MR) is 65.5 cm³/mol. The minimum absolute atomic E-state index is 0.0716. The van der Waals surface area contributed by atoms with Crippen LogP contribution >= 0.6 is 12.2 Å². The first kappa shape index (κ1) is 12.4. The van der Waals surface area contributed by atoms with Gasteiger partial charge < -0.3 is 11.1 Å². The van der Waals surface area contributed by atoms with Crippen molar-refractivity contribution in [2.45, 2.75) is 34.1 Å². The Labute approximate surface area is 96.8 Å². The Hall–Kier alpha value is -0.640. The molecule has 1 saturated carbocycles. The lowest BCUT2D eigenvalue weighted by atomic mass is 9.92. The van der Waals surface area contributed by atoms with Crippen LogP contribution in [0.15, 0.2) is 0 Å². The lowest BCUT2D eigenvalue weighted by molar-refractivity contribution is -0.126. The third kappa shape index (κ3) is 2.68. The molecule has 4 heteroatoms. The quantitative estimate of drug-likeness (QED) is 0.716. The predicted octanol–water partition coefficient (Wildman–Crippen LogP) is 1.46. The van der Waals surface area contributed by atoms with Crippen LogP contribution in [-0.4, -0.2) is 17.4 Å². The molecule has 1 amide bonds. The molecule has 15 heavy (non-hydrogen) atoms. The zero-order valence-corrected chi connectivity index (χ0v) is 10.7. The molecule has 1 rings (SSSR count). The van der Waals surface area contributed by atoms with Gasteiger partial charge in [-0.25, -0.2) is 0 Å². The monoisotopic (exact) mass is 228 g/mol. The van der Waals surface area contributed by atoms with Crippen LogP contribution in [0.5, 0.6) is 0 Å². The third-order valence-electron chi connectivity index (χ3n) is 3.41. The molecule has 1 fully saturated rings. The van der Waals surface area contributed by atoms with Crippen molar-refractivity contribution in [2.75, 3.05) is 6.54 Å². The first-order chi connectivity index (χ1) is 6.68. The van der Waals surface area contributed by atoms with Crippen LogP contribution in [-0.2, 0) is 4.79 Å². The Bertz CT molecular complexity index is 297. The second kappa shape index (κ2) is 3.74. The Morgan fingerprint density at radius 1 is 1.60 bits per heavy atom. The van der Waals surface area contributed by atoms with Crippen molar-refractivity contribution in [2.24, 2.45) is 22.5 Å². The minimum atomic E-state index is -0.742. The van der Waals surface area contributed by atoms with Crippen molar-refractivity contribution in [3.05, 3.63) is 0 Å². The van der Waals surface area contributed by atoms with Gasteiger partial charge in [0.15, 0.2) is 0 Å². The van der Waals surface area contributed by atoms with E-state index in [0.717, 1.165) is 6.54 Å². The molecule has 1 aliphatic rings. The molecule has 0 bridgehead atoms. The topological polar surface area (TPSA) is 55.1 Å². The fraction of sp³-hybridized carbons (Fsp3) is 0.818. The number of hydrogen-bond acceptors (Lipinski definition) is 2. The summed E-state index contributed by atoms with van der Waals surface area (Å²) in [4.78, 5) is 12.0. The number of hydrogen-bond donors (Lipinski definition) is 2. The van der Waals surface area contributed by atoms with E-state index in [0.29, 0.717) is 11.3 Å². The molecule has 0 saturated heterocycles. The maximum atomic E-state index is 11.8. The van der Waals surface area contributed by atoms with E-state index in [1.165, 1.54) is 6.42 Å². The van der Waals surface area contributed by atoms with Crippen LogP contribution in [0.3, 0.4) is 0 Å². The molecule has 0 aromatic carbocycles. The maximum Gasteiger partial charge on any atom is 0.232 e. The summed E-state index contributed by atoms with van der Waals surface area (Å²) in [6.07, 6.45) is 1.18. The van der Waals surface area contributed by atoms with Gasteiger partial charge in [0, 0.05) is 6.54 Å². The van der Waals surface area contributed by atoms with Gasteiger partial charge in [-0.3, -0.25) is 4.79 Å². The van der Waals surface area contributed by atoms with Gasteiger partial charge in [-0.05, 0) is 31.6 Å². The van der Waals surface area contributed by atoms with Gasteiger partial charge in [-0.2, -0.15) is 0 Å². The van der Waals surface area contributed by atoms with Gasteiger partial charge in [0.25, 0.3) is 0 Å². The van der Waals surface area contributed by atoms with Gasteiger partial charge in [0.1, 0.15) is 0 Å². The van der Waals surface area contributed by atoms with Crippen molar-refractivity contribution >= 4 is 23.1 Å². The molecular weight excluding hydrogens is 208 g/mol. The summed E-state index contributed by atoms with van der Waals surface area (Å²) < 4.78 is 0. The molecule has 0 aliphatic heterocycles. The summed E-state index contributed by atoms with van der Waals surface area (Å²) in [5.41, 5.74) is 5.16. The molecule has 1 aliphatic carbocycles. The Morgan fingerprint density at radius 2 is 2.07 bits per heavy atom. The number of carbonyl (C=O) groups excluding carboxylic acids is 1. The zero-order chi connectivity index (χ0) is 11.9. The molecular formula is C11H20N2OS. The number of carbonyl (C=O) groups is 1. The van der Waals surface area contributed by atoms with Crippen LogP contribution in [0.4, 0.5) is 0 Å². The summed E-state index contributed by atoms with van der Waals surface area (Å²) in [6.45, 7) is 8.66. The highest BCUT2D eigenvalue weighted by atomic mass is 32.1. The molecule has 0 heterocycles. The molecule has 3 nitrogen and oxygen atoms in total. The highest BCUT2D eigenvalue weighted by Crippen LogP contribution is 2.51. The molecule has 1 atom stereocenters. The van der Waals surface area contributed by atoms with Gasteiger partial charge >= 0.3 is 0 Å². The van der Waals surface area contributed by atoms with Gasteiger partial charge in [-0.15, -0.1) is 0 Å². The van der Waals surface area contributed by atoms with E-state index >= 15 is 0 Å². The molecule has 0 spiro atoms. The Morgan fingerprint density at radius 3 is 2.40 bits per heavy atom. The summed E-state index contributed by atoms with van der Waals surface area (Å²) in [5.74, 6) is 0.529. The highest BCUT2D eigenvalue weighted by molar-refractivity contribution is 7.80. The average molecular weight is 228 g/mol. The van der Waals surface area contributed by atoms with Gasteiger partial charge in [-0.1, -0.05) is 26.1 Å². The molecule has 0 aromatic rings. The number of thiocarbonyl (C=S) groups is 1. The van der Waals surface area contributed by atoms with E-state index < -0.39 is 5.41 Å². The van der Waals surface area contributed by atoms with Crippen molar-refractivity contribution in [3.63, 3.8) is 0 Å². The number of nitrogens with two attached hydrogens (primary N) is 1. The van der Waals surface area contributed by atoms with E-state index in [9.17, 15) is 4.79 Å². The first-order valence-corrected chi connectivity index (χ1v) is 5.67. The fourth-order valence-corrected chi connectivity index (χ4v) is 1.57. The van der Waals surface area contributed by atoms with Crippen LogP contribution in [0, 0.1) is 16.7 Å². The van der Waals surface area contributed by atoms with Crippen LogP contribution in [0.2, 0.25) is 0 Å². The normalized spacial score (nSPS) is 23.3. The van der Waals surface area contributed by atoms with Crippen LogP contribution < -0.4 is 11.1 Å². The largest absolute Gasteiger partial charge is 0.392 e. The van der Waals surface area contributed by atoms with Crippen molar-refractivity contribution in [1.82, 2.24) is 5.32 Å². The SMILES string of the molecule is CC(C)(C(=O)NCC1CC1(C)C)C(N)=S. The van der Waals surface area contributed by atoms with Crippen molar-refractivity contribution in [3.8, 4) is 0 Å². The summed E-state index contributed by atoms with van der Waals surface area (Å²) in [7, 11) is 0. The van der Waals surface area contributed by atoms with E-state index in [1.54, 1.807) is 13.8 Å². The molecule has 0 aromatic heterocycles. The third-order valence-corrected chi connectivity index (χ3v) is 3.92. The maximum absolute atomic E-state index is 11.8. The summed E-state index contributed by atoms with van der Waals surface area (Å²) in [6, 6.07) is 0. The lowest BCUT2D eigenvalue weighted by Gasteiger charge is -2.22. The fourth-order valence-electron chi connectivity index (χ4n) is 1.47. The van der Waals surface area contributed by atoms with E-state index in [1.807, 2.05) is 0 Å². The smallest absolute Gasteiger partial charge is 0.232 e. The molecule has 0 radical (unpaired) electrons. The van der Waals surface area contributed by atoms with Crippen molar-refractivity contribution in [1.29, 1.82) is 0 Å². The van der Waals surface area contributed by atoms with E-state index in [2.05, 4.69) is 19.2 Å². The molecule has 1 unspecified atom stereocenters. The summed E-state index contributed by atoms with van der Waals surface area (Å²) >= 11 is 4.87. The number of amides is 1. The lowest BCUT2D eigenvalue weighted by Crippen LogP contribution is -2.45. The first-order valence-electron chi connectivity index (χ1n) is 5.26. The van der Waals surface area contributed by atoms with Crippen LogP contribution in [0.25, 0.3) is 0 Å². The standard InChI is InChI=1S/C11H20N2OS/c1-10(2)5-7(10)6-13-9(14)11(3,4)8(12)15/h7H,5-6H2,1-4H3,(H2,12,15)(H,13,14). The number of nitrogens with one attached hydrogen (secondary N) is 1. The summed E-state index contributed by atoms with van der Waals surface area (Å²) in [5, 5.41) is 2.92. The van der Waals surface area contributed by atoms with E-state index in [-0.39, 0.29) is 10.9 Å². The van der Waals surface area contributed by atoms with E-state index in [4.69, 9.17) is 18.0 Å². The Balaban J connectivity index is 2.40. The van der Waals surface area contributed by atoms with Crippen molar-refractivity contribution < 1.29 is 4.79 Å². The number of rotatable bonds is 4. The van der Waals surface area contributed by atoms with Gasteiger partial charge in [0.2, 0.25) is 5.91 Å². The molecule has 86 valence electrons. The minimum Gasteiger partial charge on any atom is -0.392 e. The van der Waals surface area contributed by atoms with Gasteiger partial charge in [0.05, 0.1) is 10.4 Å². The second-order valence-electron chi connectivity index (χ2n) is 5.59. The second-order valence-corrected chi connectivity index (χ2v) is 6.03. The average Bonchev–Trinajstić information content (AvgIpc) is 2.69. The zero-order valence-electron chi connectivity index (χ0n) is 9.89. The van der Waals surface area contributed by atoms with Crippen LogP contribution in [0.1, 0.15) is 34.1 Å². The Kier molecular flexibility index (Phi) is 3.10. The molecule has 3 N–H and O–H groups in total.